The lowest BCUT2D eigenvalue weighted by atomic mass is 9.99. The van der Waals surface area contributed by atoms with Gasteiger partial charge in [-0.3, -0.25) is 0 Å². The molecule has 0 bridgehead atoms. The van der Waals surface area contributed by atoms with Crippen LogP contribution in [0.5, 0.6) is 23.0 Å². The lowest BCUT2D eigenvalue weighted by molar-refractivity contribution is 0.414. The summed E-state index contributed by atoms with van der Waals surface area (Å²) in [6.07, 6.45) is 0. The zero-order chi connectivity index (χ0) is 40.4. The summed E-state index contributed by atoms with van der Waals surface area (Å²) in [6.45, 7) is 4.17. The number of hydrogen-bond acceptors (Lipinski definition) is 6. The van der Waals surface area contributed by atoms with E-state index in [0.717, 1.165) is 90.5 Å². The van der Waals surface area contributed by atoms with Gasteiger partial charge < -0.3 is 23.8 Å². The minimum atomic E-state index is 0.805. The fourth-order valence-corrected chi connectivity index (χ4v) is 6.57. The number of methoxy groups -OCH3 is 4. The molecule has 58 heavy (non-hydrogen) atoms. The van der Waals surface area contributed by atoms with Gasteiger partial charge in [-0.05, 0) is 146 Å². The first-order valence-corrected chi connectivity index (χ1v) is 18.9. The lowest BCUT2D eigenvalue weighted by Gasteiger charge is -2.25. The summed E-state index contributed by atoms with van der Waals surface area (Å²) in [5.41, 5.74) is 12.0. The van der Waals surface area contributed by atoms with Crippen molar-refractivity contribution in [2.75, 3.05) is 33.3 Å². The summed E-state index contributed by atoms with van der Waals surface area (Å²) in [5.74, 6) is 16.8. The maximum absolute atomic E-state index is 5.40. The van der Waals surface area contributed by atoms with Crippen molar-refractivity contribution in [2.24, 2.45) is 0 Å². The van der Waals surface area contributed by atoms with Crippen LogP contribution in [0.15, 0.2) is 158 Å². The van der Waals surface area contributed by atoms with Crippen molar-refractivity contribution in [3.8, 4) is 46.7 Å². The third-order valence-corrected chi connectivity index (χ3v) is 9.83. The van der Waals surface area contributed by atoms with Gasteiger partial charge in [0.25, 0.3) is 0 Å². The monoisotopic (exact) mass is 760 g/mol. The molecule has 7 aromatic rings. The molecular weight excluding hydrogens is 717 g/mol. The van der Waals surface area contributed by atoms with E-state index in [-0.39, 0.29) is 0 Å². The van der Waals surface area contributed by atoms with Crippen LogP contribution in [-0.4, -0.2) is 28.4 Å². The van der Waals surface area contributed by atoms with Gasteiger partial charge in [0.15, 0.2) is 17.1 Å². The van der Waals surface area contributed by atoms with Crippen molar-refractivity contribution in [3.05, 3.63) is 191 Å². The predicted octanol–water partition coefficient (Wildman–Crippen LogP) is 12.0. The quantitative estimate of drug-likeness (QED) is 0.103. The Morgan fingerprint density at radius 1 is 0.362 bits per heavy atom. The Labute approximate surface area is 341 Å². The number of hydrogen-bond donors (Lipinski definition) is 0. The van der Waals surface area contributed by atoms with E-state index in [2.05, 4.69) is 157 Å². The third kappa shape index (κ3) is 9.01. The lowest BCUT2D eigenvalue weighted by Crippen LogP contribution is -2.11. The van der Waals surface area contributed by atoms with Crippen LogP contribution in [0.1, 0.15) is 33.4 Å². The second-order valence-corrected chi connectivity index (χ2v) is 13.5. The molecule has 0 saturated heterocycles. The molecule has 0 atom stereocenters. The summed E-state index contributed by atoms with van der Waals surface area (Å²) < 4.78 is 21.6. The van der Waals surface area contributed by atoms with Crippen molar-refractivity contribution < 1.29 is 18.9 Å². The van der Waals surface area contributed by atoms with Crippen molar-refractivity contribution in [1.29, 1.82) is 0 Å². The minimum absolute atomic E-state index is 0.805. The number of anilines is 6. The van der Waals surface area contributed by atoms with Crippen molar-refractivity contribution in [2.45, 2.75) is 13.8 Å². The van der Waals surface area contributed by atoms with Crippen LogP contribution in [0.3, 0.4) is 0 Å². The van der Waals surface area contributed by atoms with E-state index in [1.165, 1.54) is 0 Å². The predicted molar refractivity (Wildman–Crippen MR) is 236 cm³/mol. The molecule has 0 aliphatic rings. The number of benzene rings is 7. The van der Waals surface area contributed by atoms with Crippen LogP contribution >= 0.6 is 0 Å². The average molecular weight is 761 g/mol. The average Bonchev–Trinajstić information content (AvgIpc) is 3.28. The SMILES string of the molecule is COc1ccc(N(c2ccc(C#Cc3cc(C)c(C#Cc4ccc([N+](c5ccc(OC)cc5)c5ccc(OC)cc5)cc4)cc3C)cc2)c2ccc(OC)cc2)cc1. The molecule has 6 nitrogen and oxygen atoms in total. The second kappa shape index (κ2) is 18.0. The Morgan fingerprint density at radius 2 is 0.638 bits per heavy atom. The topological polar surface area (TPSA) is 46.1 Å². The fourth-order valence-electron chi connectivity index (χ4n) is 6.57. The molecule has 7 aromatic carbocycles. The van der Waals surface area contributed by atoms with Crippen LogP contribution in [0.25, 0.3) is 0 Å². The van der Waals surface area contributed by atoms with Crippen LogP contribution < -0.4 is 28.7 Å². The minimum Gasteiger partial charge on any atom is -0.497 e. The van der Waals surface area contributed by atoms with Gasteiger partial charge >= 0.3 is 0 Å². The molecule has 0 amide bonds. The van der Waals surface area contributed by atoms with Gasteiger partial charge in [-0.1, -0.05) is 28.6 Å². The first kappa shape index (κ1) is 38.9. The Bertz CT molecular complexity index is 2310. The smallest absolute Gasteiger partial charge is 0.192 e. The molecule has 0 fully saturated rings. The zero-order valence-corrected chi connectivity index (χ0v) is 33.5. The van der Waals surface area contributed by atoms with Crippen LogP contribution in [0.4, 0.5) is 34.1 Å². The maximum atomic E-state index is 5.40. The molecular formula is C52H44N2O4+. The van der Waals surface area contributed by atoms with Gasteiger partial charge in [0, 0.05) is 75.7 Å². The Morgan fingerprint density at radius 3 is 0.966 bits per heavy atom. The Balaban J connectivity index is 1.09. The van der Waals surface area contributed by atoms with E-state index in [4.69, 9.17) is 18.9 Å². The number of rotatable bonds is 10. The highest BCUT2D eigenvalue weighted by atomic mass is 16.5. The van der Waals surface area contributed by atoms with Gasteiger partial charge in [0.05, 0.1) is 28.4 Å². The molecule has 7 rings (SSSR count). The standard InChI is InChI=1S/C52H44N2O4/c1-37-35-42(14-8-40-11-17-44(18-12-40)54(47-23-31-51(57-5)32-24-47)48-25-33-52(58-6)34-26-48)38(2)36-41(37)13-7-39-9-15-43(16-10-39)53(45-19-27-49(55-3)28-20-45)46-21-29-50(56-4)30-22-46/h9-12,15-36H,1-6H3/q+1. The number of ether oxygens (including phenoxy) is 4. The van der Waals surface area contributed by atoms with Crippen molar-refractivity contribution in [1.82, 2.24) is 4.90 Å². The molecule has 1 radical (unpaired) electrons. The van der Waals surface area contributed by atoms with Crippen LogP contribution in [-0.2, 0) is 0 Å². The van der Waals surface area contributed by atoms with Gasteiger partial charge in [0.2, 0.25) is 0 Å². The summed E-state index contributed by atoms with van der Waals surface area (Å²) in [4.78, 5) is 4.38. The fraction of sp³-hybridized carbons (Fsp3) is 0.115. The molecule has 0 aromatic heterocycles. The second-order valence-electron chi connectivity index (χ2n) is 13.5. The van der Waals surface area contributed by atoms with Gasteiger partial charge in [0.1, 0.15) is 23.0 Å². The van der Waals surface area contributed by atoms with E-state index >= 15 is 0 Å². The van der Waals surface area contributed by atoms with E-state index in [1.54, 1.807) is 28.4 Å². The number of nitrogens with zero attached hydrogens (tertiary/aromatic N) is 2. The molecule has 0 unspecified atom stereocenters. The Kier molecular flexibility index (Phi) is 12.1. The van der Waals surface area contributed by atoms with E-state index < -0.39 is 0 Å². The summed E-state index contributed by atoms with van der Waals surface area (Å²) >= 11 is 0. The summed E-state index contributed by atoms with van der Waals surface area (Å²) in [5, 5.41) is 0. The van der Waals surface area contributed by atoms with E-state index in [0.29, 0.717) is 0 Å². The highest BCUT2D eigenvalue weighted by Crippen LogP contribution is 2.37. The third-order valence-electron chi connectivity index (χ3n) is 9.83. The molecule has 285 valence electrons. The molecule has 0 aliphatic carbocycles. The van der Waals surface area contributed by atoms with E-state index in [1.807, 2.05) is 48.5 Å². The summed E-state index contributed by atoms with van der Waals surface area (Å²) in [7, 11) is 6.69. The van der Waals surface area contributed by atoms with Crippen molar-refractivity contribution >= 4 is 34.1 Å². The van der Waals surface area contributed by atoms with E-state index in [9.17, 15) is 0 Å². The first-order valence-electron chi connectivity index (χ1n) is 18.9. The van der Waals surface area contributed by atoms with Crippen LogP contribution in [0, 0.1) is 37.5 Å². The van der Waals surface area contributed by atoms with Crippen molar-refractivity contribution in [3.63, 3.8) is 0 Å². The highest BCUT2D eigenvalue weighted by Gasteiger charge is 2.26. The molecule has 0 saturated carbocycles. The van der Waals surface area contributed by atoms with Gasteiger partial charge in [-0.25, -0.2) is 0 Å². The normalized spacial score (nSPS) is 10.5. The van der Waals surface area contributed by atoms with Gasteiger partial charge in [-0.2, -0.15) is 0 Å². The molecule has 0 heterocycles. The van der Waals surface area contributed by atoms with Crippen LogP contribution in [0.2, 0.25) is 0 Å². The maximum Gasteiger partial charge on any atom is 0.192 e. The summed E-state index contributed by atoms with van der Waals surface area (Å²) in [6, 6.07) is 53.0. The molecule has 0 spiro atoms. The first-order chi connectivity index (χ1) is 28.3. The highest BCUT2D eigenvalue weighted by molar-refractivity contribution is 5.77. The largest absolute Gasteiger partial charge is 0.497 e. The number of aryl methyl sites for hydroxylation is 2. The Hall–Kier alpha value is -7.38. The zero-order valence-electron chi connectivity index (χ0n) is 33.5. The van der Waals surface area contributed by atoms with Gasteiger partial charge in [-0.15, -0.1) is 0 Å². The molecule has 0 N–H and O–H groups in total. The molecule has 6 heteroatoms. The molecule has 0 aliphatic heterocycles.